The third kappa shape index (κ3) is 2.32. The van der Waals surface area contributed by atoms with Gasteiger partial charge in [0.25, 0.3) is 5.91 Å². The van der Waals surface area contributed by atoms with Crippen molar-refractivity contribution >= 4 is 5.91 Å². The normalized spacial score (nSPS) is 12.5. The van der Waals surface area contributed by atoms with Crippen LogP contribution in [0.2, 0.25) is 0 Å². The highest BCUT2D eigenvalue weighted by molar-refractivity contribution is 5.93. The average molecular weight is 197 g/mol. The van der Waals surface area contributed by atoms with Crippen molar-refractivity contribution in [2.24, 2.45) is 0 Å². The first-order valence-corrected chi connectivity index (χ1v) is 4.41. The molecule has 0 fully saturated rings. The van der Waals surface area contributed by atoms with Crippen molar-refractivity contribution < 1.29 is 9.53 Å². The summed E-state index contributed by atoms with van der Waals surface area (Å²) >= 11 is 0. The van der Waals surface area contributed by atoms with Crippen LogP contribution in [-0.2, 0) is 4.74 Å². The second-order valence-electron chi connectivity index (χ2n) is 3.21. The standard InChI is InChI=1S/C9H15N3O2/c1-7(6-14-3)12(2)9(13)8-4-10-11-5-8/h4-5,7H,6H2,1-3H3,(H,10,11). The Morgan fingerprint density at radius 3 is 3.00 bits per heavy atom. The van der Waals surface area contributed by atoms with E-state index < -0.39 is 0 Å². The number of ether oxygens (including phenoxy) is 1. The van der Waals surface area contributed by atoms with Crippen molar-refractivity contribution in [3.63, 3.8) is 0 Å². The molecule has 0 saturated carbocycles. The summed E-state index contributed by atoms with van der Waals surface area (Å²) in [5.41, 5.74) is 0.565. The van der Waals surface area contributed by atoms with Crippen molar-refractivity contribution in [1.82, 2.24) is 15.1 Å². The van der Waals surface area contributed by atoms with Crippen LogP contribution >= 0.6 is 0 Å². The first-order chi connectivity index (χ1) is 6.66. The minimum atomic E-state index is -0.0525. The number of hydrogen-bond acceptors (Lipinski definition) is 3. The number of rotatable bonds is 4. The Kier molecular flexibility index (Phi) is 3.64. The maximum atomic E-state index is 11.7. The number of H-pyrrole nitrogens is 1. The molecule has 0 aliphatic rings. The largest absolute Gasteiger partial charge is 0.383 e. The zero-order valence-corrected chi connectivity index (χ0v) is 8.65. The van der Waals surface area contributed by atoms with E-state index in [-0.39, 0.29) is 11.9 Å². The molecule has 1 aromatic heterocycles. The van der Waals surface area contributed by atoms with Gasteiger partial charge >= 0.3 is 0 Å². The van der Waals surface area contributed by atoms with Gasteiger partial charge in [-0.15, -0.1) is 0 Å². The van der Waals surface area contributed by atoms with Gasteiger partial charge in [-0.1, -0.05) is 0 Å². The topological polar surface area (TPSA) is 58.2 Å². The maximum absolute atomic E-state index is 11.7. The Balaban J connectivity index is 2.61. The Hall–Kier alpha value is -1.36. The lowest BCUT2D eigenvalue weighted by Crippen LogP contribution is -2.37. The third-order valence-electron chi connectivity index (χ3n) is 2.13. The number of hydrogen-bond donors (Lipinski definition) is 1. The lowest BCUT2D eigenvalue weighted by Gasteiger charge is -2.23. The predicted molar refractivity (Wildman–Crippen MR) is 52.0 cm³/mol. The van der Waals surface area contributed by atoms with Gasteiger partial charge in [-0.25, -0.2) is 0 Å². The van der Waals surface area contributed by atoms with Crippen LogP contribution in [0.1, 0.15) is 17.3 Å². The van der Waals surface area contributed by atoms with Crippen molar-refractivity contribution in [2.75, 3.05) is 20.8 Å². The molecule has 5 nitrogen and oxygen atoms in total. The fraction of sp³-hybridized carbons (Fsp3) is 0.556. The Bertz CT molecular complexity index is 284. The first-order valence-electron chi connectivity index (χ1n) is 4.41. The van der Waals surface area contributed by atoms with Gasteiger partial charge < -0.3 is 9.64 Å². The fourth-order valence-electron chi connectivity index (χ4n) is 1.12. The third-order valence-corrected chi connectivity index (χ3v) is 2.13. The van der Waals surface area contributed by atoms with Crippen molar-refractivity contribution in [1.29, 1.82) is 0 Å². The van der Waals surface area contributed by atoms with E-state index in [0.29, 0.717) is 12.2 Å². The molecule has 0 bridgehead atoms. The number of nitrogens with one attached hydrogen (secondary N) is 1. The summed E-state index contributed by atoms with van der Waals surface area (Å²) in [7, 11) is 3.37. The molecule has 1 N–H and O–H groups in total. The van der Waals surface area contributed by atoms with Gasteiger partial charge in [0, 0.05) is 20.4 Å². The van der Waals surface area contributed by atoms with Crippen LogP contribution in [0.4, 0.5) is 0 Å². The van der Waals surface area contributed by atoms with Crippen molar-refractivity contribution in [2.45, 2.75) is 13.0 Å². The van der Waals surface area contributed by atoms with E-state index in [2.05, 4.69) is 10.2 Å². The smallest absolute Gasteiger partial charge is 0.257 e. The molecule has 1 heterocycles. The van der Waals surface area contributed by atoms with Crippen molar-refractivity contribution in [3.05, 3.63) is 18.0 Å². The quantitative estimate of drug-likeness (QED) is 0.765. The number of carbonyl (C=O) groups is 1. The summed E-state index contributed by atoms with van der Waals surface area (Å²) in [6.07, 6.45) is 3.09. The number of carbonyl (C=O) groups excluding carboxylic acids is 1. The van der Waals surface area contributed by atoms with E-state index in [1.54, 1.807) is 25.3 Å². The number of amides is 1. The molecule has 0 spiro atoms. The minimum absolute atomic E-state index is 0.0525. The fourth-order valence-corrected chi connectivity index (χ4v) is 1.12. The molecule has 0 aliphatic carbocycles. The van der Waals surface area contributed by atoms with Crippen LogP contribution in [-0.4, -0.2) is 47.8 Å². The summed E-state index contributed by atoms with van der Waals surface area (Å²) < 4.78 is 4.97. The first kappa shape index (κ1) is 10.7. The lowest BCUT2D eigenvalue weighted by atomic mass is 10.2. The van der Waals surface area contributed by atoms with Gasteiger partial charge in [0.15, 0.2) is 0 Å². The highest BCUT2D eigenvalue weighted by Crippen LogP contribution is 2.04. The van der Waals surface area contributed by atoms with Gasteiger partial charge in [0.1, 0.15) is 0 Å². The molecule has 0 aliphatic heterocycles. The second kappa shape index (κ2) is 4.76. The van der Waals surface area contributed by atoms with Crippen LogP contribution in [0, 0.1) is 0 Å². The van der Waals surface area contributed by atoms with Gasteiger partial charge in [-0.2, -0.15) is 5.10 Å². The van der Waals surface area contributed by atoms with E-state index >= 15 is 0 Å². The summed E-state index contributed by atoms with van der Waals surface area (Å²) in [4.78, 5) is 13.4. The lowest BCUT2D eigenvalue weighted by molar-refractivity contribution is 0.0633. The molecular formula is C9H15N3O2. The van der Waals surface area contributed by atoms with E-state index in [9.17, 15) is 4.79 Å². The van der Waals surface area contributed by atoms with Gasteiger partial charge in [-0.05, 0) is 6.92 Å². The van der Waals surface area contributed by atoms with E-state index in [0.717, 1.165) is 0 Å². The molecule has 0 saturated heterocycles. The molecule has 1 aromatic rings. The summed E-state index contributed by atoms with van der Waals surface area (Å²) in [6.45, 7) is 2.46. The monoisotopic (exact) mass is 197 g/mol. The van der Waals surface area contributed by atoms with Crippen LogP contribution in [0.5, 0.6) is 0 Å². The molecule has 1 unspecified atom stereocenters. The molecule has 14 heavy (non-hydrogen) atoms. The molecular weight excluding hydrogens is 182 g/mol. The minimum Gasteiger partial charge on any atom is -0.383 e. The average Bonchev–Trinajstić information content (AvgIpc) is 2.68. The number of aromatic nitrogens is 2. The number of nitrogens with zero attached hydrogens (tertiary/aromatic N) is 2. The van der Waals surface area contributed by atoms with Gasteiger partial charge in [0.2, 0.25) is 0 Å². The van der Waals surface area contributed by atoms with E-state index in [1.807, 2.05) is 6.92 Å². The molecule has 1 atom stereocenters. The highest BCUT2D eigenvalue weighted by atomic mass is 16.5. The maximum Gasteiger partial charge on any atom is 0.257 e. The molecule has 5 heteroatoms. The van der Waals surface area contributed by atoms with Crippen LogP contribution < -0.4 is 0 Å². The SMILES string of the molecule is COCC(C)N(C)C(=O)c1cn[nH]c1. The zero-order chi connectivity index (χ0) is 10.6. The number of aromatic amines is 1. The molecule has 1 rings (SSSR count). The van der Waals surface area contributed by atoms with Gasteiger partial charge in [-0.3, -0.25) is 9.89 Å². The molecule has 78 valence electrons. The molecule has 0 radical (unpaired) electrons. The Morgan fingerprint density at radius 2 is 2.50 bits per heavy atom. The highest BCUT2D eigenvalue weighted by Gasteiger charge is 2.17. The Labute approximate surface area is 83.1 Å². The van der Waals surface area contributed by atoms with E-state index in [4.69, 9.17) is 4.74 Å². The van der Waals surface area contributed by atoms with Crippen LogP contribution in [0.3, 0.4) is 0 Å². The number of methoxy groups -OCH3 is 1. The summed E-state index contributed by atoms with van der Waals surface area (Å²) in [5.74, 6) is -0.0525. The molecule has 1 amide bonds. The molecule has 0 aromatic carbocycles. The summed E-state index contributed by atoms with van der Waals surface area (Å²) in [6, 6.07) is 0.0578. The van der Waals surface area contributed by atoms with Gasteiger partial charge in [0.05, 0.1) is 24.4 Å². The zero-order valence-electron chi connectivity index (χ0n) is 8.65. The van der Waals surface area contributed by atoms with E-state index in [1.165, 1.54) is 6.20 Å². The van der Waals surface area contributed by atoms with Crippen LogP contribution in [0.25, 0.3) is 0 Å². The van der Waals surface area contributed by atoms with Crippen molar-refractivity contribution in [3.8, 4) is 0 Å². The summed E-state index contributed by atoms with van der Waals surface area (Å²) in [5, 5.41) is 6.33. The second-order valence-corrected chi connectivity index (χ2v) is 3.21. The number of likely N-dealkylation sites (N-methyl/N-ethyl adjacent to an activating group) is 1. The van der Waals surface area contributed by atoms with Crippen LogP contribution in [0.15, 0.2) is 12.4 Å². The Morgan fingerprint density at radius 1 is 1.79 bits per heavy atom. The predicted octanol–water partition coefficient (Wildman–Crippen LogP) is 0.517.